The molecule has 0 saturated carbocycles. The molecule has 1 aliphatic rings. The zero-order chi connectivity index (χ0) is 11.8. The van der Waals surface area contributed by atoms with Gasteiger partial charge in [0.05, 0.1) is 6.61 Å². The second-order valence-electron chi connectivity index (χ2n) is 4.90. The first kappa shape index (κ1) is 13.9. The maximum absolute atomic E-state index is 5.38. The molecule has 0 aromatic rings. The average Bonchev–Trinajstić information content (AvgIpc) is 2.75. The van der Waals surface area contributed by atoms with E-state index in [0.29, 0.717) is 6.04 Å². The first-order valence-electron chi connectivity index (χ1n) is 6.33. The molecule has 4 nitrogen and oxygen atoms in total. The number of nitrogens with one attached hydrogen (secondary N) is 1. The molecule has 0 aromatic carbocycles. The van der Waals surface area contributed by atoms with Crippen molar-refractivity contribution in [3.63, 3.8) is 0 Å². The van der Waals surface area contributed by atoms with E-state index in [-0.39, 0.29) is 0 Å². The molecule has 16 heavy (non-hydrogen) atoms. The minimum absolute atomic E-state index is 0.642. The van der Waals surface area contributed by atoms with Crippen LogP contribution in [-0.2, 0) is 4.74 Å². The average molecular weight is 229 g/mol. The summed E-state index contributed by atoms with van der Waals surface area (Å²) >= 11 is 0. The molecular formula is C12H27N3O. The molecule has 1 heterocycles. The van der Waals surface area contributed by atoms with Gasteiger partial charge in [0.25, 0.3) is 0 Å². The van der Waals surface area contributed by atoms with Crippen molar-refractivity contribution in [2.24, 2.45) is 0 Å². The maximum atomic E-state index is 5.38. The highest BCUT2D eigenvalue weighted by molar-refractivity contribution is 4.73. The Morgan fingerprint density at radius 3 is 2.62 bits per heavy atom. The molecule has 1 aliphatic heterocycles. The monoisotopic (exact) mass is 229 g/mol. The summed E-state index contributed by atoms with van der Waals surface area (Å²) in [5.74, 6) is 0. The highest BCUT2D eigenvalue weighted by Crippen LogP contribution is 2.09. The lowest BCUT2D eigenvalue weighted by molar-refractivity contribution is 0.159. The van der Waals surface area contributed by atoms with Crippen molar-refractivity contribution < 1.29 is 4.74 Å². The van der Waals surface area contributed by atoms with Gasteiger partial charge >= 0.3 is 0 Å². The molecule has 1 N–H and O–H groups in total. The SMILES string of the molecule is CN(C)CCCNCCN(C)C1CCOC1. The van der Waals surface area contributed by atoms with Gasteiger partial charge in [0.2, 0.25) is 0 Å². The molecular weight excluding hydrogens is 202 g/mol. The normalized spacial score (nSPS) is 21.2. The van der Waals surface area contributed by atoms with E-state index < -0.39 is 0 Å². The van der Waals surface area contributed by atoms with Crippen LogP contribution in [0.4, 0.5) is 0 Å². The van der Waals surface area contributed by atoms with E-state index in [4.69, 9.17) is 4.74 Å². The van der Waals surface area contributed by atoms with Crippen LogP contribution in [0.3, 0.4) is 0 Å². The molecule has 0 spiro atoms. The van der Waals surface area contributed by atoms with Crippen LogP contribution in [0.15, 0.2) is 0 Å². The smallest absolute Gasteiger partial charge is 0.0622 e. The van der Waals surface area contributed by atoms with Gasteiger partial charge in [-0.15, -0.1) is 0 Å². The first-order chi connectivity index (χ1) is 7.70. The Hall–Kier alpha value is -0.160. The summed E-state index contributed by atoms with van der Waals surface area (Å²) in [7, 11) is 6.43. The number of nitrogens with zero attached hydrogens (tertiary/aromatic N) is 2. The molecule has 1 saturated heterocycles. The maximum Gasteiger partial charge on any atom is 0.0622 e. The molecule has 1 fully saturated rings. The second-order valence-corrected chi connectivity index (χ2v) is 4.90. The van der Waals surface area contributed by atoms with Crippen molar-refractivity contribution in [2.75, 3.05) is 60.5 Å². The summed E-state index contributed by atoms with van der Waals surface area (Å²) < 4.78 is 5.38. The third kappa shape index (κ3) is 5.80. The minimum Gasteiger partial charge on any atom is -0.380 e. The fourth-order valence-corrected chi connectivity index (χ4v) is 1.95. The highest BCUT2D eigenvalue weighted by atomic mass is 16.5. The summed E-state index contributed by atoms with van der Waals surface area (Å²) in [6, 6.07) is 0.642. The van der Waals surface area contributed by atoms with E-state index in [1.54, 1.807) is 0 Å². The highest BCUT2D eigenvalue weighted by Gasteiger charge is 2.19. The fourth-order valence-electron chi connectivity index (χ4n) is 1.95. The zero-order valence-corrected chi connectivity index (χ0v) is 11.0. The quantitative estimate of drug-likeness (QED) is 0.604. The Balaban J connectivity index is 1.90. The molecule has 1 rings (SSSR count). The van der Waals surface area contributed by atoms with Crippen LogP contribution >= 0.6 is 0 Å². The topological polar surface area (TPSA) is 27.7 Å². The molecule has 96 valence electrons. The van der Waals surface area contributed by atoms with Gasteiger partial charge in [-0.2, -0.15) is 0 Å². The number of hydrogen-bond acceptors (Lipinski definition) is 4. The summed E-state index contributed by atoms with van der Waals surface area (Å²) in [6.07, 6.45) is 2.42. The zero-order valence-electron chi connectivity index (χ0n) is 11.0. The number of rotatable bonds is 8. The predicted octanol–water partition coefficient (Wildman–Crippen LogP) is 0.248. The Labute approximate surface area is 99.9 Å². The van der Waals surface area contributed by atoms with Crippen molar-refractivity contribution in [1.29, 1.82) is 0 Å². The van der Waals surface area contributed by atoms with Crippen molar-refractivity contribution in [2.45, 2.75) is 18.9 Å². The van der Waals surface area contributed by atoms with E-state index in [1.807, 2.05) is 0 Å². The van der Waals surface area contributed by atoms with Crippen LogP contribution in [0.25, 0.3) is 0 Å². The largest absolute Gasteiger partial charge is 0.380 e. The van der Waals surface area contributed by atoms with Gasteiger partial charge in [-0.3, -0.25) is 4.90 Å². The van der Waals surface area contributed by atoms with E-state index in [9.17, 15) is 0 Å². The number of hydrogen-bond donors (Lipinski definition) is 1. The molecule has 0 aromatic heterocycles. The minimum atomic E-state index is 0.642. The summed E-state index contributed by atoms with van der Waals surface area (Å²) in [5.41, 5.74) is 0. The van der Waals surface area contributed by atoms with Gasteiger partial charge in [-0.25, -0.2) is 0 Å². The third-order valence-electron chi connectivity index (χ3n) is 3.13. The van der Waals surface area contributed by atoms with E-state index in [0.717, 1.165) is 32.8 Å². The standard InChI is InChI=1S/C12H27N3O/c1-14(2)8-4-6-13-7-9-15(3)12-5-10-16-11-12/h12-13H,4-11H2,1-3H3. The fraction of sp³-hybridized carbons (Fsp3) is 1.00. The predicted molar refractivity (Wildman–Crippen MR) is 67.9 cm³/mol. The van der Waals surface area contributed by atoms with Crippen molar-refractivity contribution in [3.05, 3.63) is 0 Å². The second kappa shape index (κ2) is 8.01. The Kier molecular flexibility index (Phi) is 6.96. The van der Waals surface area contributed by atoms with Gasteiger partial charge in [0.15, 0.2) is 0 Å². The Morgan fingerprint density at radius 1 is 1.19 bits per heavy atom. The molecule has 0 aliphatic carbocycles. The van der Waals surface area contributed by atoms with E-state index >= 15 is 0 Å². The van der Waals surface area contributed by atoms with Crippen LogP contribution in [-0.4, -0.2) is 76.4 Å². The Morgan fingerprint density at radius 2 is 2.00 bits per heavy atom. The van der Waals surface area contributed by atoms with Crippen molar-refractivity contribution >= 4 is 0 Å². The van der Waals surface area contributed by atoms with Crippen LogP contribution in [0.5, 0.6) is 0 Å². The lowest BCUT2D eigenvalue weighted by atomic mass is 10.2. The van der Waals surface area contributed by atoms with Gasteiger partial charge < -0.3 is 15.0 Å². The van der Waals surface area contributed by atoms with Crippen LogP contribution in [0, 0.1) is 0 Å². The number of likely N-dealkylation sites (N-methyl/N-ethyl adjacent to an activating group) is 1. The summed E-state index contributed by atoms with van der Waals surface area (Å²) in [5, 5.41) is 3.49. The van der Waals surface area contributed by atoms with E-state index in [1.165, 1.54) is 19.4 Å². The van der Waals surface area contributed by atoms with Gasteiger partial charge in [0.1, 0.15) is 0 Å². The molecule has 1 atom stereocenters. The molecule has 1 unspecified atom stereocenters. The molecule has 0 radical (unpaired) electrons. The summed E-state index contributed by atoms with van der Waals surface area (Å²) in [4.78, 5) is 4.63. The van der Waals surface area contributed by atoms with Gasteiger partial charge in [-0.1, -0.05) is 0 Å². The lowest BCUT2D eigenvalue weighted by Crippen LogP contribution is -2.37. The van der Waals surface area contributed by atoms with Gasteiger partial charge in [0, 0.05) is 25.7 Å². The molecule has 0 amide bonds. The van der Waals surface area contributed by atoms with Gasteiger partial charge in [-0.05, 0) is 47.1 Å². The Bertz CT molecular complexity index is 170. The molecule has 4 heteroatoms. The van der Waals surface area contributed by atoms with Crippen molar-refractivity contribution in [3.8, 4) is 0 Å². The van der Waals surface area contributed by atoms with Crippen LogP contribution in [0.1, 0.15) is 12.8 Å². The summed E-state index contributed by atoms with van der Waals surface area (Å²) in [6.45, 7) is 6.34. The first-order valence-corrected chi connectivity index (χ1v) is 6.33. The van der Waals surface area contributed by atoms with Crippen molar-refractivity contribution in [1.82, 2.24) is 15.1 Å². The number of ether oxygens (including phenoxy) is 1. The lowest BCUT2D eigenvalue weighted by Gasteiger charge is -2.22. The van der Waals surface area contributed by atoms with Crippen LogP contribution in [0.2, 0.25) is 0 Å². The van der Waals surface area contributed by atoms with Crippen LogP contribution < -0.4 is 5.32 Å². The third-order valence-corrected chi connectivity index (χ3v) is 3.13. The molecule has 0 bridgehead atoms. The van der Waals surface area contributed by atoms with E-state index in [2.05, 4.69) is 36.3 Å².